The Kier molecular flexibility index (Phi) is 6.34. The lowest BCUT2D eigenvalue weighted by molar-refractivity contribution is -0.144. The molecule has 76 valence electrons. The van der Waals surface area contributed by atoms with Gasteiger partial charge in [0.2, 0.25) is 0 Å². The zero-order valence-corrected chi connectivity index (χ0v) is 8.52. The van der Waals surface area contributed by atoms with Crippen LogP contribution in [0, 0.1) is 0 Å². The molecule has 6 heteroatoms. The maximum atomic E-state index is 11.0. The fraction of sp³-hybridized carbons (Fsp3) is 0.714. The number of carbonyl (C=O) groups excluding carboxylic acids is 2. The number of nitrogens with one attached hydrogen (secondary N) is 1. The molecule has 0 aliphatic carbocycles. The molecule has 0 aromatic carbocycles. The number of thioether (sulfide) groups is 1. The first-order valence-corrected chi connectivity index (χ1v) is 4.87. The van der Waals surface area contributed by atoms with Gasteiger partial charge < -0.3 is 15.8 Å². The number of rotatable bonds is 4. The van der Waals surface area contributed by atoms with Gasteiger partial charge in [-0.25, -0.2) is 0 Å². The molecule has 0 rings (SSSR count). The van der Waals surface area contributed by atoms with Crippen LogP contribution in [0.5, 0.6) is 0 Å². The van der Waals surface area contributed by atoms with Gasteiger partial charge in [-0.1, -0.05) is 11.8 Å². The molecular formula is C7H14N2O3S. The number of hydrogen-bond acceptors (Lipinski definition) is 5. The molecular weight excluding hydrogens is 192 g/mol. The largest absolute Gasteiger partial charge is 0.465 e. The van der Waals surface area contributed by atoms with E-state index in [1.807, 2.05) is 0 Å². The molecule has 0 saturated heterocycles. The molecule has 0 fully saturated rings. The molecule has 0 saturated carbocycles. The number of nitrogens with two attached hydrogens (primary N) is 1. The lowest BCUT2D eigenvalue weighted by Gasteiger charge is -2.08. The van der Waals surface area contributed by atoms with E-state index in [2.05, 4.69) is 10.1 Å². The van der Waals surface area contributed by atoms with E-state index in [0.717, 1.165) is 11.8 Å². The molecule has 0 aliphatic heterocycles. The van der Waals surface area contributed by atoms with Gasteiger partial charge in [-0.2, -0.15) is 0 Å². The lowest BCUT2D eigenvalue weighted by Crippen LogP contribution is -2.35. The Bertz CT molecular complexity index is 187. The van der Waals surface area contributed by atoms with Gasteiger partial charge in [-0.05, 0) is 6.92 Å². The quantitative estimate of drug-likeness (QED) is 0.630. The SMILES string of the molecule is CCOC(=O)[C@H](N)CSC(=O)NC. The third-order valence-corrected chi connectivity index (χ3v) is 2.18. The molecule has 0 aliphatic rings. The molecule has 0 heterocycles. The standard InChI is InChI=1S/C7H14N2O3S/c1-3-12-6(10)5(8)4-13-7(11)9-2/h5H,3-4,8H2,1-2H3,(H,9,11)/t5-/m1/s1. The summed E-state index contributed by atoms with van der Waals surface area (Å²) in [7, 11) is 1.52. The Balaban J connectivity index is 3.67. The smallest absolute Gasteiger partial charge is 0.323 e. The first-order valence-electron chi connectivity index (χ1n) is 3.88. The van der Waals surface area contributed by atoms with Crippen molar-refractivity contribution >= 4 is 23.0 Å². The van der Waals surface area contributed by atoms with Crippen LogP contribution >= 0.6 is 11.8 Å². The summed E-state index contributed by atoms with van der Waals surface area (Å²) in [6.07, 6.45) is 0. The number of carbonyl (C=O) groups is 2. The van der Waals surface area contributed by atoms with E-state index in [4.69, 9.17) is 5.73 Å². The lowest BCUT2D eigenvalue weighted by atomic mass is 10.4. The molecule has 0 radical (unpaired) electrons. The summed E-state index contributed by atoms with van der Waals surface area (Å²) >= 11 is 0.963. The predicted molar refractivity (Wildman–Crippen MR) is 51.5 cm³/mol. The van der Waals surface area contributed by atoms with Crippen LogP contribution in [0.3, 0.4) is 0 Å². The monoisotopic (exact) mass is 206 g/mol. The molecule has 0 bridgehead atoms. The van der Waals surface area contributed by atoms with Gasteiger partial charge >= 0.3 is 5.97 Å². The molecule has 3 N–H and O–H groups in total. The van der Waals surface area contributed by atoms with Crippen LogP contribution in [0.2, 0.25) is 0 Å². The maximum absolute atomic E-state index is 11.0. The Hall–Kier alpha value is -0.750. The van der Waals surface area contributed by atoms with E-state index >= 15 is 0 Å². The van der Waals surface area contributed by atoms with Gasteiger partial charge in [-0.3, -0.25) is 9.59 Å². The zero-order chi connectivity index (χ0) is 10.3. The van der Waals surface area contributed by atoms with Crippen molar-refractivity contribution in [2.45, 2.75) is 13.0 Å². The number of ether oxygens (including phenoxy) is 1. The molecule has 13 heavy (non-hydrogen) atoms. The summed E-state index contributed by atoms with van der Waals surface area (Å²) in [6, 6.07) is -0.734. The van der Waals surface area contributed by atoms with Crippen molar-refractivity contribution in [1.29, 1.82) is 0 Å². The second kappa shape index (κ2) is 6.73. The third-order valence-electron chi connectivity index (χ3n) is 1.19. The van der Waals surface area contributed by atoms with Crippen LogP contribution in [0.25, 0.3) is 0 Å². The highest BCUT2D eigenvalue weighted by molar-refractivity contribution is 8.13. The Labute approximate surface area is 81.4 Å². The molecule has 5 nitrogen and oxygen atoms in total. The second-order valence-corrected chi connectivity index (χ2v) is 3.20. The van der Waals surface area contributed by atoms with Gasteiger partial charge in [0.05, 0.1) is 6.61 Å². The number of amides is 1. The Morgan fingerprint density at radius 3 is 2.69 bits per heavy atom. The van der Waals surface area contributed by atoms with Crippen LogP contribution < -0.4 is 11.1 Å². The van der Waals surface area contributed by atoms with Gasteiger partial charge in [0.1, 0.15) is 6.04 Å². The zero-order valence-electron chi connectivity index (χ0n) is 7.70. The fourth-order valence-corrected chi connectivity index (χ4v) is 1.17. The molecule has 1 amide bonds. The summed E-state index contributed by atoms with van der Waals surface area (Å²) in [5.41, 5.74) is 5.43. The van der Waals surface area contributed by atoms with Crippen molar-refractivity contribution in [3.05, 3.63) is 0 Å². The van der Waals surface area contributed by atoms with E-state index in [1.165, 1.54) is 7.05 Å². The van der Waals surface area contributed by atoms with Crippen molar-refractivity contribution < 1.29 is 14.3 Å². The Morgan fingerprint density at radius 1 is 1.62 bits per heavy atom. The van der Waals surface area contributed by atoms with E-state index in [-0.39, 0.29) is 11.0 Å². The molecule has 0 unspecified atom stereocenters. The average molecular weight is 206 g/mol. The van der Waals surface area contributed by atoms with Crippen molar-refractivity contribution in [2.24, 2.45) is 5.73 Å². The average Bonchev–Trinajstić information content (AvgIpc) is 2.13. The third kappa shape index (κ3) is 5.48. The van der Waals surface area contributed by atoms with Crippen molar-refractivity contribution in [2.75, 3.05) is 19.4 Å². The molecule has 0 aromatic heterocycles. The van der Waals surface area contributed by atoms with Crippen LogP contribution in [0.4, 0.5) is 4.79 Å². The number of esters is 1. The van der Waals surface area contributed by atoms with Gasteiger partial charge in [0.25, 0.3) is 5.24 Å². The van der Waals surface area contributed by atoms with Crippen LogP contribution in [0.15, 0.2) is 0 Å². The van der Waals surface area contributed by atoms with Gasteiger partial charge in [0, 0.05) is 12.8 Å². The minimum atomic E-state index is -0.734. The van der Waals surface area contributed by atoms with Gasteiger partial charge in [0.15, 0.2) is 0 Å². The van der Waals surface area contributed by atoms with Crippen molar-refractivity contribution in [3.8, 4) is 0 Å². The topological polar surface area (TPSA) is 81.4 Å². The second-order valence-electron chi connectivity index (χ2n) is 2.21. The van der Waals surface area contributed by atoms with E-state index in [1.54, 1.807) is 6.92 Å². The molecule has 0 aromatic rings. The van der Waals surface area contributed by atoms with Crippen LogP contribution in [-0.2, 0) is 9.53 Å². The Morgan fingerprint density at radius 2 is 2.23 bits per heavy atom. The first-order chi connectivity index (χ1) is 6.11. The normalized spacial score (nSPS) is 11.9. The van der Waals surface area contributed by atoms with E-state index < -0.39 is 12.0 Å². The minimum absolute atomic E-state index is 0.209. The molecule has 0 spiro atoms. The van der Waals surface area contributed by atoms with Crippen LogP contribution in [0.1, 0.15) is 6.92 Å². The fourth-order valence-electron chi connectivity index (χ4n) is 0.555. The summed E-state index contributed by atoms with van der Waals surface area (Å²) in [5.74, 6) is -0.239. The van der Waals surface area contributed by atoms with E-state index in [0.29, 0.717) is 6.61 Å². The summed E-state index contributed by atoms with van der Waals surface area (Å²) < 4.78 is 4.66. The van der Waals surface area contributed by atoms with Gasteiger partial charge in [-0.15, -0.1) is 0 Å². The maximum Gasteiger partial charge on any atom is 0.323 e. The van der Waals surface area contributed by atoms with E-state index in [9.17, 15) is 9.59 Å². The molecule has 1 atom stereocenters. The highest BCUT2D eigenvalue weighted by Crippen LogP contribution is 2.03. The van der Waals surface area contributed by atoms with Crippen molar-refractivity contribution in [1.82, 2.24) is 5.32 Å². The predicted octanol–water partition coefficient (Wildman–Crippen LogP) is -0.0506. The number of hydrogen-bond donors (Lipinski definition) is 2. The summed E-state index contributed by atoms with van der Waals surface area (Å²) in [5, 5.41) is 2.20. The summed E-state index contributed by atoms with van der Waals surface area (Å²) in [4.78, 5) is 21.7. The highest BCUT2D eigenvalue weighted by atomic mass is 32.2. The first kappa shape index (κ1) is 12.2. The minimum Gasteiger partial charge on any atom is -0.465 e. The van der Waals surface area contributed by atoms with Crippen LogP contribution in [-0.4, -0.2) is 36.7 Å². The summed E-state index contributed by atoms with van der Waals surface area (Å²) in [6.45, 7) is 2.01. The van der Waals surface area contributed by atoms with Crippen molar-refractivity contribution in [3.63, 3.8) is 0 Å². The highest BCUT2D eigenvalue weighted by Gasteiger charge is 2.15.